The van der Waals surface area contributed by atoms with Gasteiger partial charge in [0.2, 0.25) is 0 Å². The second-order valence-corrected chi connectivity index (χ2v) is 4.48. The fourth-order valence-electron chi connectivity index (χ4n) is 2.00. The van der Waals surface area contributed by atoms with Crippen molar-refractivity contribution in [3.05, 3.63) is 72.6 Å². The Morgan fingerprint density at radius 2 is 1.81 bits per heavy atom. The van der Waals surface area contributed by atoms with Crippen LogP contribution in [-0.4, -0.2) is 23.0 Å². The van der Waals surface area contributed by atoms with E-state index in [4.69, 9.17) is 4.74 Å². The molecule has 3 aromatic rings. The van der Waals surface area contributed by atoms with Crippen molar-refractivity contribution in [2.24, 2.45) is 5.10 Å². The molecule has 2 aromatic carbocycles. The number of methoxy groups -OCH3 is 1. The molecule has 4 nitrogen and oxygen atoms in total. The van der Waals surface area contributed by atoms with Gasteiger partial charge in [-0.15, -0.1) is 0 Å². The zero-order valence-electron chi connectivity index (χ0n) is 11.7. The van der Waals surface area contributed by atoms with Crippen LogP contribution < -0.4 is 4.74 Å². The summed E-state index contributed by atoms with van der Waals surface area (Å²) >= 11 is 0. The molecule has 0 fully saturated rings. The summed E-state index contributed by atoms with van der Waals surface area (Å²) in [5.74, 6) is 1.62. The van der Waals surface area contributed by atoms with Crippen LogP contribution >= 0.6 is 0 Å². The molecular weight excluding hydrogens is 262 g/mol. The van der Waals surface area contributed by atoms with Crippen LogP contribution in [0.25, 0.3) is 11.4 Å². The van der Waals surface area contributed by atoms with Crippen molar-refractivity contribution in [1.82, 2.24) is 9.66 Å². The van der Waals surface area contributed by atoms with E-state index in [1.165, 1.54) is 0 Å². The molecule has 3 rings (SSSR count). The van der Waals surface area contributed by atoms with Gasteiger partial charge in [-0.3, -0.25) is 0 Å². The Balaban J connectivity index is 1.88. The first-order chi connectivity index (χ1) is 10.4. The molecule has 0 bridgehead atoms. The molecule has 0 spiro atoms. The zero-order chi connectivity index (χ0) is 14.5. The molecular formula is C17H15N3O. The SMILES string of the molecule is COc1ccc(-c2nccn2/N=C/c2ccccc2)cc1. The van der Waals surface area contributed by atoms with Gasteiger partial charge in [0, 0.05) is 18.0 Å². The van der Waals surface area contributed by atoms with E-state index < -0.39 is 0 Å². The van der Waals surface area contributed by atoms with Gasteiger partial charge in [0.1, 0.15) is 5.75 Å². The molecule has 0 unspecified atom stereocenters. The van der Waals surface area contributed by atoms with Gasteiger partial charge in [-0.25, -0.2) is 9.66 Å². The molecule has 104 valence electrons. The molecule has 0 radical (unpaired) electrons. The Hall–Kier alpha value is -2.88. The average molecular weight is 277 g/mol. The van der Waals surface area contributed by atoms with Crippen molar-refractivity contribution < 1.29 is 4.74 Å². The molecule has 0 N–H and O–H groups in total. The lowest BCUT2D eigenvalue weighted by Gasteiger charge is -2.04. The van der Waals surface area contributed by atoms with Crippen LogP contribution in [-0.2, 0) is 0 Å². The molecule has 0 aliphatic carbocycles. The van der Waals surface area contributed by atoms with E-state index in [-0.39, 0.29) is 0 Å². The Bertz CT molecular complexity index is 730. The van der Waals surface area contributed by atoms with Crippen molar-refractivity contribution in [2.45, 2.75) is 0 Å². The predicted molar refractivity (Wildman–Crippen MR) is 83.6 cm³/mol. The Labute approximate surface area is 123 Å². The maximum atomic E-state index is 5.17. The smallest absolute Gasteiger partial charge is 0.160 e. The van der Waals surface area contributed by atoms with Gasteiger partial charge in [-0.2, -0.15) is 5.10 Å². The van der Waals surface area contributed by atoms with Crippen LogP contribution in [0.5, 0.6) is 5.75 Å². The van der Waals surface area contributed by atoms with Gasteiger partial charge < -0.3 is 4.74 Å². The Kier molecular flexibility index (Phi) is 3.78. The maximum Gasteiger partial charge on any atom is 0.160 e. The van der Waals surface area contributed by atoms with Crippen LogP contribution in [0.1, 0.15) is 5.56 Å². The lowest BCUT2D eigenvalue weighted by Crippen LogP contribution is -1.93. The topological polar surface area (TPSA) is 39.4 Å². The third-order valence-electron chi connectivity index (χ3n) is 3.10. The number of hydrogen-bond donors (Lipinski definition) is 0. The van der Waals surface area contributed by atoms with E-state index in [9.17, 15) is 0 Å². The second-order valence-electron chi connectivity index (χ2n) is 4.48. The number of nitrogens with zero attached hydrogens (tertiary/aromatic N) is 3. The third-order valence-corrected chi connectivity index (χ3v) is 3.10. The first kappa shape index (κ1) is 13.1. The van der Waals surface area contributed by atoms with E-state index in [1.54, 1.807) is 18.0 Å². The minimum atomic E-state index is 0.796. The molecule has 1 aromatic heterocycles. The van der Waals surface area contributed by atoms with Crippen molar-refractivity contribution in [3.63, 3.8) is 0 Å². The van der Waals surface area contributed by atoms with Gasteiger partial charge in [0.05, 0.1) is 13.3 Å². The molecule has 21 heavy (non-hydrogen) atoms. The fraction of sp³-hybridized carbons (Fsp3) is 0.0588. The summed E-state index contributed by atoms with van der Waals surface area (Å²) in [7, 11) is 1.65. The van der Waals surface area contributed by atoms with Gasteiger partial charge in [-0.05, 0) is 29.8 Å². The van der Waals surface area contributed by atoms with E-state index in [1.807, 2.05) is 67.0 Å². The van der Waals surface area contributed by atoms with Crippen molar-refractivity contribution in [3.8, 4) is 17.1 Å². The molecule has 0 aliphatic heterocycles. The summed E-state index contributed by atoms with van der Waals surface area (Å²) in [6.45, 7) is 0. The summed E-state index contributed by atoms with van der Waals surface area (Å²) in [5, 5.41) is 4.45. The van der Waals surface area contributed by atoms with Crippen LogP contribution in [0.4, 0.5) is 0 Å². The standard InChI is InChI=1S/C17H15N3O/c1-21-16-9-7-15(8-10-16)17-18-11-12-20(17)19-13-14-5-3-2-4-6-14/h2-13H,1H3/b19-13+. The van der Waals surface area contributed by atoms with Gasteiger partial charge in [0.15, 0.2) is 5.82 Å². The van der Waals surface area contributed by atoms with E-state index in [0.29, 0.717) is 0 Å². The van der Waals surface area contributed by atoms with E-state index in [2.05, 4.69) is 10.1 Å². The fourth-order valence-corrected chi connectivity index (χ4v) is 2.00. The average Bonchev–Trinajstić information content (AvgIpc) is 3.02. The summed E-state index contributed by atoms with van der Waals surface area (Å²) < 4.78 is 6.92. The number of hydrogen-bond acceptors (Lipinski definition) is 3. The lowest BCUT2D eigenvalue weighted by molar-refractivity contribution is 0.415. The second kappa shape index (κ2) is 6.05. The molecule has 0 aliphatic rings. The Morgan fingerprint density at radius 3 is 2.52 bits per heavy atom. The lowest BCUT2D eigenvalue weighted by atomic mass is 10.2. The molecule has 0 atom stereocenters. The molecule has 0 saturated carbocycles. The highest BCUT2D eigenvalue weighted by atomic mass is 16.5. The first-order valence-electron chi connectivity index (χ1n) is 6.64. The maximum absolute atomic E-state index is 5.17. The zero-order valence-corrected chi connectivity index (χ0v) is 11.7. The normalized spacial score (nSPS) is 10.9. The van der Waals surface area contributed by atoms with Gasteiger partial charge in [-0.1, -0.05) is 30.3 Å². The summed E-state index contributed by atoms with van der Waals surface area (Å²) in [5.41, 5.74) is 2.04. The van der Waals surface area contributed by atoms with Crippen LogP contribution in [0, 0.1) is 0 Å². The number of benzene rings is 2. The minimum absolute atomic E-state index is 0.796. The van der Waals surface area contributed by atoms with Crippen molar-refractivity contribution in [2.75, 3.05) is 7.11 Å². The Morgan fingerprint density at radius 1 is 1.05 bits per heavy atom. The molecule has 1 heterocycles. The van der Waals surface area contributed by atoms with Crippen LogP contribution in [0.3, 0.4) is 0 Å². The van der Waals surface area contributed by atoms with Crippen molar-refractivity contribution in [1.29, 1.82) is 0 Å². The predicted octanol–water partition coefficient (Wildman–Crippen LogP) is 3.44. The van der Waals surface area contributed by atoms with Crippen LogP contribution in [0.2, 0.25) is 0 Å². The first-order valence-corrected chi connectivity index (χ1v) is 6.64. The van der Waals surface area contributed by atoms with Gasteiger partial charge >= 0.3 is 0 Å². The minimum Gasteiger partial charge on any atom is -0.497 e. The number of rotatable bonds is 4. The number of ether oxygens (including phenoxy) is 1. The monoisotopic (exact) mass is 277 g/mol. The number of imidazole rings is 1. The summed E-state index contributed by atoms with van der Waals surface area (Å²) in [6, 6.07) is 17.7. The quantitative estimate of drug-likeness (QED) is 0.685. The molecule has 0 amide bonds. The third kappa shape index (κ3) is 3.00. The number of aromatic nitrogens is 2. The largest absolute Gasteiger partial charge is 0.497 e. The van der Waals surface area contributed by atoms with E-state index >= 15 is 0 Å². The molecule has 0 saturated heterocycles. The molecule has 4 heteroatoms. The highest BCUT2D eigenvalue weighted by molar-refractivity contribution is 5.79. The van der Waals surface area contributed by atoms with Crippen molar-refractivity contribution >= 4 is 6.21 Å². The van der Waals surface area contributed by atoms with E-state index in [0.717, 1.165) is 22.7 Å². The highest BCUT2D eigenvalue weighted by Gasteiger charge is 2.04. The van der Waals surface area contributed by atoms with Gasteiger partial charge in [0.25, 0.3) is 0 Å². The highest BCUT2D eigenvalue weighted by Crippen LogP contribution is 2.20. The van der Waals surface area contributed by atoms with Crippen LogP contribution in [0.15, 0.2) is 72.1 Å². The summed E-state index contributed by atoms with van der Waals surface area (Å²) in [4.78, 5) is 4.36. The summed E-state index contributed by atoms with van der Waals surface area (Å²) in [6.07, 6.45) is 5.38.